The monoisotopic (exact) mass is 423 g/mol. The van der Waals surface area contributed by atoms with Gasteiger partial charge in [0, 0.05) is 4.90 Å². The largest absolute Gasteiger partial charge is 0.480 e. The van der Waals surface area contributed by atoms with Crippen molar-refractivity contribution in [1.29, 1.82) is 0 Å². The topological polar surface area (TPSA) is 136 Å². The Labute approximate surface area is 170 Å². The molecule has 0 saturated carbocycles. The fourth-order valence-electron chi connectivity index (χ4n) is 3.38. The van der Waals surface area contributed by atoms with Crippen LogP contribution in [0.2, 0.25) is 0 Å². The summed E-state index contributed by atoms with van der Waals surface area (Å²) in [6.07, 6.45) is -2.35. The van der Waals surface area contributed by atoms with E-state index in [2.05, 4.69) is 10.3 Å². The Morgan fingerprint density at radius 3 is 2.83 bits per heavy atom. The normalized spacial score (nSPS) is 31.5. The van der Waals surface area contributed by atoms with E-state index in [1.807, 2.05) is 30.3 Å². The second-order valence-electron chi connectivity index (χ2n) is 6.83. The van der Waals surface area contributed by atoms with Crippen LogP contribution in [0, 0.1) is 0 Å². The predicted molar refractivity (Wildman–Crippen MR) is 98.9 cm³/mol. The maximum Gasteiger partial charge on any atom is 0.325 e. The highest BCUT2D eigenvalue weighted by Crippen LogP contribution is 2.38. The summed E-state index contributed by atoms with van der Waals surface area (Å²) >= 11 is 1.34. The van der Waals surface area contributed by atoms with Gasteiger partial charge >= 0.3 is 5.97 Å². The van der Waals surface area contributed by atoms with Crippen LogP contribution < -0.4 is 0 Å². The van der Waals surface area contributed by atoms with E-state index in [1.165, 1.54) is 22.6 Å². The van der Waals surface area contributed by atoms with Crippen LogP contribution >= 0.6 is 11.8 Å². The summed E-state index contributed by atoms with van der Waals surface area (Å²) in [6, 6.07) is 9.50. The Morgan fingerprint density at radius 1 is 1.28 bits per heavy atom. The van der Waals surface area contributed by atoms with Crippen molar-refractivity contribution in [3.63, 3.8) is 0 Å². The number of ether oxygens (including phenoxy) is 3. The molecule has 6 atom stereocenters. The van der Waals surface area contributed by atoms with Gasteiger partial charge in [0.15, 0.2) is 0 Å². The van der Waals surface area contributed by atoms with Crippen LogP contribution in [0.3, 0.4) is 0 Å². The zero-order chi connectivity index (χ0) is 20.4. The first-order chi connectivity index (χ1) is 14.0. The summed E-state index contributed by atoms with van der Waals surface area (Å²) in [4.78, 5) is 11.7. The van der Waals surface area contributed by atoms with E-state index in [9.17, 15) is 15.0 Å². The number of rotatable bonds is 7. The van der Waals surface area contributed by atoms with Gasteiger partial charge in [0.05, 0.1) is 19.4 Å². The number of hydrogen-bond donors (Lipinski definition) is 3. The molecule has 0 bridgehead atoms. The number of carbonyl (C=O) groups is 1. The number of aliphatic carboxylic acids is 1. The van der Waals surface area contributed by atoms with Crippen molar-refractivity contribution in [2.24, 2.45) is 0 Å². The zero-order valence-electron chi connectivity index (χ0n) is 15.3. The maximum absolute atomic E-state index is 10.9. The summed E-state index contributed by atoms with van der Waals surface area (Å²) in [6.45, 7) is -0.200. The molecule has 2 aliphatic rings. The molecule has 10 nitrogen and oxygen atoms in total. The Balaban J connectivity index is 1.46. The molecule has 11 heteroatoms. The minimum Gasteiger partial charge on any atom is -0.480 e. The third-order valence-corrected chi connectivity index (χ3v) is 5.86. The Morgan fingerprint density at radius 2 is 2.07 bits per heavy atom. The Kier molecular flexibility index (Phi) is 6.13. The van der Waals surface area contributed by atoms with Crippen molar-refractivity contribution >= 4 is 17.7 Å². The molecule has 2 saturated heterocycles. The summed E-state index contributed by atoms with van der Waals surface area (Å²) in [7, 11) is 0. The van der Waals surface area contributed by atoms with Gasteiger partial charge in [-0.1, -0.05) is 35.2 Å². The van der Waals surface area contributed by atoms with Gasteiger partial charge in [-0.05, 0) is 12.1 Å². The highest BCUT2D eigenvalue weighted by molar-refractivity contribution is 7.99. The fourth-order valence-corrected chi connectivity index (χ4v) is 4.44. The maximum atomic E-state index is 10.9. The number of benzene rings is 1. The molecule has 3 N–H and O–H groups in total. The molecule has 4 rings (SSSR count). The van der Waals surface area contributed by atoms with E-state index in [-0.39, 0.29) is 19.8 Å². The van der Waals surface area contributed by atoms with Crippen LogP contribution in [0.5, 0.6) is 0 Å². The number of aliphatic hydroxyl groups is 2. The molecule has 2 aromatic rings. The Hall–Kier alpha value is -2.02. The summed E-state index contributed by atoms with van der Waals surface area (Å²) in [5.74, 6) is -1.03. The first-order valence-electron chi connectivity index (χ1n) is 9.08. The van der Waals surface area contributed by atoms with E-state index >= 15 is 0 Å². The van der Waals surface area contributed by atoms with Crippen molar-refractivity contribution in [1.82, 2.24) is 15.0 Å². The standard InChI is InChI=1S/C18H21N3O7S/c22-12-9-27-17-15(12)28-18(29-11-4-2-1-3-5-11)14(25)16(17)26-8-10-6-21(20-19-10)7-13(23)24/h1-6,12,14-18,22,25H,7-9H2,(H,23,24)/t12?,14-,15?,16?,17-,18-/m0/s1. The number of aliphatic hydroxyl groups excluding tert-OH is 2. The molecule has 3 heterocycles. The average Bonchev–Trinajstić information content (AvgIpc) is 3.29. The minimum absolute atomic E-state index is 0.00669. The summed E-state index contributed by atoms with van der Waals surface area (Å²) < 4.78 is 18.6. The minimum atomic E-state index is -1.03. The van der Waals surface area contributed by atoms with Gasteiger partial charge < -0.3 is 29.5 Å². The van der Waals surface area contributed by atoms with Crippen molar-refractivity contribution in [3.8, 4) is 0 Å². The molecule has 3 unspecified atom stereocenters. The van der Waals surface area contributed by atoms with Crippen LogP contribution in [-0.2, 0) is 32.2 Å². The summed E-state index contributed by atoms with van der Waals surface area (Å²) in [5, 5.41) is 37.5. The van der Waals surface area contributed by atoms with Crippen LogP contribution in [0.1, 0.15) is 5.69 Å². The SMILES string of the molecule is O=C(O)Cn1cc(COC2[C@H]3OCC(O)C3O[C@@H](Sc3ccccc3)[C@H]2O)nn1. The lowest BCUT2D eigenvalue weighted by Crippen LogP contribution is -2.57. The predicted octanol–water partition coefficient (Wildman–Crippen LogP) is -0.114. The van der Waals surface area contributed by atoms with Crippen molar-refractivity contribution in [3.05, 3.63) is 42.2 Å². The molecular formula is C18H21N3O7S. The van der Waals surface area contributed by atoms with Crippen LogP contribution in [0.15, 0.2) is 41.4 Å². The summed E-state index contributed by atoms with van der Waals surface area (Å²) in [5.41, 5.74) is -0.227. The quantitative estimate of drug-likeness (QED) is 0.553. The average molecular weight is 423 g/mol. The molecule has 2 fully saturated rings. The van der Waals surface area contributed by atoms with Crippen molar-refractivity contribution in [2.75, 3.05) is 6.61 Å². The van der Waals surface area contributed by atoms with E-state index in [0.717, 1.165) is 4.90 Å². The van der Waals surface area contributed by atoms with Gasteiger partial charge in [-0.25, -0.2) is 4.68 Å². The van der Waals surface area contributed by atoms with Gasteiger partial charge in [-0.15, -0.1) is 5.10 Å². The van der Waals surface area contributed by atoms with Gasteiger partial charge in [0.2, 0.25) is 0 Å². The second-order valence-corrected chi connectivity index (χ2v) is 8.00. The number of nitrogens with zero attached hydrogens (tertiary/aromatic N) is 3. The molecule has 0 aliphatic carbocycles. The van der Waals surface area contributed by atoms with Crippen LogP contribution in [0.25, 0.3) is 0 Å². The Bertz CT molecular complexity index is 836. The molecule has 0 spiro atoms. The molecule has 156 valence electrons. The van der Waals surface area contributed by atoms with Crippen LogP contribution in [0.4, 0.5) is 0 Å². The third kappa shape index (κ3) is 4.60. The lowest BCUT2D eigenvalue weighted by atomic mass is 9.98. The molecule has 29 heavy (non-hydrogen) atoms. The fraction of sp³-hybridized carbons (Fsp3) is 0.500. The van der Waals surface area contributed by atoms with Gasteiger partial charge in [0.25, 0.3) is 0 Å². The molecule has 2 aliphatic heterocycles. The van der Waals surface area contributed by atoms with E-state index in [4.69, 9.17) is 19.3 Å². The first kappa shape index (κ1) is 20.3. The molecular weight excluding hydrogens is 402 g/mol. The number of thioether (sulfide) groups is 1. The third-order valence-electron chi connectivity index (χ3n) is 4.70. The van der Waals surface area contributed by atoms with E-state index in [0.29, 0.717) is 5.69 Å². The van der Waals surface area contributed by atoms with Crippen LogP contribution in [-0.4, -0.2) is 78.8 Å². The van der Waals surface area contributed by atoms with Gasteiger partial charge in [0.1, 0.15) is 48.2 Å². The number of carboxylic acid groups (broad SMARTS) is 1. The van der Waals surface area contributed by atoms with E-state index < -0.39 is 41.9 Å². The number of aromatic nitrogens is 3. The highest BCUT2D eigenvalue weighted by Gasteiger charge is 2.52. The highest BCUT2D eigenvalue weighted by atomic mass is 32.2. The molecule has 1 aromatic carbocycles. The van der Waals surface area contributed by atoms with Gasteiger partial charge in [-0.3, -0.25) is 4.79 Å². The van der Waals surface area contributed by atoms with Crippen molar-refractivity contribution in [2.45, 2.75) is 54.0 Å². The number of fused-ring (bicyclic) bond motifs is 1. The number of carboxylic acids is 1. The smallest absolute Gasteiger partial charge is 0.325 e. The lowest BCUT2D eigenvalue weighted by molar-refractivity contribution is -0.210. The zero-order valence-corrected chi connectivity index (χ0v) is 16.1. The lowest BCUT2D eigenvalue weighted by Gasteiger charge is -2.41. The first-order valence-corrected chi connectivity index (χ1v) is 9.96. The molecule has 0 radical (unpaired) electrons. The van der Waals surface area contributed by atoms with Gasteiger partial charge in [-0.2, -0.15) is 0 Å². The molecule has 1 aromatic heterocycles. The van der Waals surface area contributed by atoms with E-state index in [1.54, 1.807) is 0 Å². The second kappa shape index (κ2) is 8.78. The molecule has 0 amide bonds. The van der Waals surface area contributed by atoms with Crippen molar-refractivity contribution < 1.29 is 34.3 Å². The number of hydrogen-bond acceptors (Lipinski definition) is 9.